The molecular formula is C15H18FNO3. The molecule has 1 N–H and O–H groups in total. The summed E-state index contributed by atoms with van der Waals surface area (Å²) in [5, 5.41) is 9.04. The number of carboxylic acid groups (broad SMARTS) is 1. The summed E-state index contributed by atoms with van der Waals surface area (Å²) in [5.74, 6) is -1.49. The van der Waals surface area contributed by atoms with Gasteiger partial charge in [-0.05, 0) is 50.6 Å². The highest BCUT2D eigenvalue weighted by Gasteiger charge is 2.31. The van der Waals surface area contributed by atoms with Crippen molar-refractivity contribution >= 4 is 11.8 Å². The number of carbonyl (C=O) groups is 2. The van der Waals surface area contributed by atoms with Gasteiger partial charge in [0, 0.05) is 18.0 Å². The van der Waals surface area contributed by atoms with Crippen LogP contribution in [0.25, 0.3) is 0 Å². The third-order valence-corrected chi connectivity index (χ3v) is 3.86. The maximum atomic E-state index is 12.9. The van der Waals surface area contributed by atoms with Crippen molar-refractivity contribution < 1.29 is 19.1 Å². The van der Waals surface area contributed by atoms with E-state index < -0.39 is 12.0 Å². The second-order valence-electron chi connectivity index (χ2n) is 5.22. The molecule has 1 aromatic rings. The number of hydrogen-bond acceptors (Lipinski definition) is 3. The smallest absolute Gasteiger partial charge is 0.320 e. The van der Waals surface area contributed by atoms with Crippen LogP contribution in [0.1, 0.15) is 30.1 Å². The average Bonchev–Trinajstić information content (AvgIpc) is 2.46. The quantitative estimate of drug-likeness (QED) is 0.858. The molecule has 1 aliphatic rings. The molecule has 4 nitrogen and oxygen atoms in total. The Labute approximate surface area is 117 Å². The molecule has 20 heavy (non-hydrogen) atoms. The van der Waals surface area contributed by atoms with E-state index in [2.05, 4.69) is 0 Å². The van der Waals surface area contributed by atoms with E-state index in [1.54, 1.807) is 6.92 Å². The molecule has 0 radical (unpaired) electrons. The molecule has 0 spiro atoms. The fourth-order valence-corrected chi connectivity index (χ4v) is 2.58. The Balaban J connectivity index is 2.06. The molecule has 0 bridgehead atoms. The first-order valence-electron chi connectivity index (χ1n) is 6.75. The van der Waals surface area contributed by atoms with Crippen molar-refractivity contribution in [1.29, 1.82) is 0 Å². The number of nitrogens with zero attached hydrogens (tertiary/aromatic N) is 1. The maximum Gasteiger partial charge on any atom is 0.320 e. The van der Waals surface area contributed by atoms with Crippen LogP contribution in [0.4, 0.5) is 4.39 Å². The molecule has 2 rings (SSSR count). The number of rotatable bonds is 4. The minimum absolute atomic E-state index is 0.0349. The summed E-state index contributed by atoms with van der Waals surface area (Å²) in [6, 6.07) is 4.93. The van der Waals surface area contributed by atoms with E-state index >= 15 is 0 Å². The van der Waals surface area contributed by atoms with Crippen molar-refractivity contribution in [2.45, 2.75) is 25.8 Å². The molecule has 5 heteroatoms. The Hall–Kier alpha value is -1.75. The number of piperidine rings is 1. The Morgan fingerprint density at radius 3 is 2.60 bits per heavy atom. The highest BCUT2D eigenvalue weighted by molar-refractivity contribution is 5.98. The topological polar surface area (TPSA) is 57.6 Å². The molecule has 108 valence electrons. The minimum Gasteiger partial charge on any atom is -0.480 e. The number of carboxylic acids is 1. The van der Waals surface area contributed by atoms with E-state index in [0.29, 0.717) is 18.7 Å². The van der Waals surface area contributed by atoms with Crippen LogP contribution in [-0.2, 0) is 4.79 Å². The summed E-state index contributed by atoms with van der Waals surface area (Å²) in [6.07, 6.45) is 1.55. The Morgan fingerprint density at radius 2 is 2.00 bits per heavy atom. The summed E-state index contributed by atoms with van der Waals surface area (Å²) in [7, 11) is 0. The molecule has 1 aromatic carbocycles. The van der Waals surface area contributed by atoms with E-state index in [4.69, 9.17) is 5.11 Å². The number of halogens is 1. The van der Waals surface area contributed by atoms with Gasteiger partial charge in [0.05, 0.1) is 0 Å². The van der Waals surface area contributed by atoms with Gasteiger partial charge in [-0.2, -0.15) is 0 Å². The zero-order chi connectivity index (χ0) is 14.7. The summed E-state index contributed by atoms with van der Waals surface area (Å²) in [6.45, 7) is 2.78. The van der Waals surface area contributed by atoms with Crippen molar-refractivity contribution in [3.8, 4) is 0 Å². The molecule has 0 aromatic heterocycles. The molecule has 1 heterocycles. The molecular weight excluding hydrogens is 261 g/mol. The van der Waals surface area contributed by atoms with Crippen LogP contribution in [0.3, 0.4) is 0 Å². The number of benzene rings is 1. The number of likely N-dealkylation sites (tertiary alicyclic amines) is 1. The van der Waals surface area contributed by atoms with Crippen molar-refractivity contribution in [2.24, 2.45) is 5.92 Å². The number of aliphatic carboxylic acids is 1. The fraction of sp³-hybridized carbons (Fsp3) is 0.467. The lowest BCUT2D eigenvalue weighted by atomic mass is 9.89. The zero-order valence-electron chi connectivity index (χ0n) is 11.4. The van der Waals surface area contributed by atoms with Crippen molar-refractivity contribution in [3.05, 3.63) is 35.6 Å². The predicted octanol–water partition coefficient (Wildman–Crippen LogP) is 2.19. The molecule has 0 unspecified atom stereocenters. The summed E-state index contributed by atoms with van der Waals surface area (Å²) < 4.78 is 12.9. The maximum absolute atomic E-state index is 12.9. The van der Waals surface area contributed by atoms with Gasteiger partial charge in [-0.1, -0.05) is 0 Å². The van der Waals surface area contributed by atoms with Crippen LogP contribution in [0.5, 0.6) is 0 Å². The zero-order valence-corrected chi connectivity index (χ0v) is 11.4. The van der Waals surface area contributed by atoms with E-state index in [-0.39, 0.29) is 17.5 Å². The van der Waals surface area contributed by atoms with Crippen LogP contribution >= 0.6 is 0 Å². The Bertz CT molecular complexity index is 500. The Morgan fingerprint density at radius 1 is 1.35 bits per heavy atom. The lowest BCUT2D eigenvalue weighted by Gasteiger charge is -2.34. The van der Waals surface area contributed by atoms with Gasteiger partial charge in [0.2, 0.25) is 0 Å². The first-order chi connectivity index (χ1) is 9.49. The largest absolute Gasteiger partial charge is 0.480 e. The van der Waals surface area contributed by atoms with E-state index in [9.17, 15) is 14.0 Å². The lowest BCUT2D eigenvalue weighted by molar-refractivity contribution is -0.143. The van der Waals surface area contributed by atoms with Crippen LogP contribution in [0.15, 0.2) is 24.3 Å². The molecule has 1 saturated heterocycles. The van der Waals surface area contributed by atoms with Gasteiger partial charge in [-0.15, -0.1) is 0 Å². The fourth-order valence-electron chi connectivity index (χ4n) is 2.58. The van der Waals surface area contributed by atoms with Gasteiger partial charge in [-0.25, -0.2) is 4.39 Å². The van der Waals surface area contributed by atoms with Gasteiger partial charge in [-0.3, -0.25) is 14.5 Å². The van der Waals surface area contributed by atoms with E-state index in [1.807, 2.05) is 4.90 Å². The first-order valence-corrected chi connectivity index (χ1v) is 6.75. The SMILES string of the molecule is C[C@H](C(=O)O)N1CCC[C@H](C(=O)c2ccc(F)cc2)C1. The van der Waals surface area contributed by atoms with Gasteiger partial charge < -0.3 is 5.11 Å². The number of ketones is 1. The summed E-state index contributed by atoms with van der Waals surface area (Å²) in [5.41, 5.74) is 0.487. The first kappa shape index (κ1) is 14.7. The van der Waals surface area contributed by atoms with Crippen LogP contribution in [-0.4, -0.2) is 40.9 Å². The Kier molecular flexibility index (Phi) is 4.49. The van der Waals surface area contributed by atoms with Crippen molar-refractivity contribution in [1.82, 2.24) is 4.90 Å². The normalized spacial score (nSPS) is 21.4. The van der Waals surface area contributed by atoms with Crippen LogP contribution in [0, 0.1) is 11.7 Å². The standard InChI is InChI=1S/C15H18FNO3/c1-10(15(19)20)17-8-2-3-12(9-17)14(18)11-4-6-13(16)7-5-11/h4-7,10,12H,2-3,8-9H2,1H3,(H,19,20)/t10-,12+/m1/s1. The number of carbonyl (C=O) groups excluding carboxylic acids is 1. The number of hydrogen-bond donors (Lipinski definition) is 1. The molecule has 1 fully saturated rings. The van der Waals surface area contributed by atoms with Gasteiger partial charge >= 0.3 is 5.97 Å². The summed E-state index contributed by atoms with van der Waals surface area (Å²) in [4.78, 5) is 25.2. The van der Waals surface area contributed by atoms with E-state index in [0.717, 1.165) is 12.8 Å². The number of Topliss-reactive ketones (excluding diaryl/α,β-unsaturated/α-hetero) is 1. The van der Waals surface area contributed by atoms with Crippen LogP contribution in [0.2, 0.25) is 0 Å². The molecule has 0 saturated carbocycles. The third kappa shape index (κ3) is 3.22. The van der Waals surface area contributed by atoms with Gasteiger partial charge in [0.1, 0.15) is 11.9 Å². The molecule has 0 aliphatic carbocycles. The van der Waals surface area contributed by atoms with Gasteiger partial charge in [0.15, 0.2) is 5.78 Å². The average molecular weight is 279 g/mol. The lowest BCUT2D eigenvalue weighted by Crippen LogP contribution is -2.46. The summed E-state index contributed by atoms with van der Waals surface area (Å²) >= 11 is 0. The van der Waals surface area contributed by atoms with Crippen molar-refractivity contribution in [3.63, 3.8) is 0 Å². The second kappa shape index (κ2) is 6.13. The minimum atomic E-state index is -0.875. The van der Waals surface area contributed by atoms with Crippen LogP contribution < -0.4 is 0 Å². The van der Waals surface area contributed by atoms with Crippen molar-refractivity contribution in [2.75, 3.05) is 13.1 Å². The van der Waals surface area contributed by atoms with Gasteiger partial charge in [0.25, 0.3) is 0 Å². The highest BCUT2D eigenvalue weighted by atomic mass is 19.1. The monoisotopic (exact) mass is 279 g/mol. The third-order valence-electron chi connectivity index (χ3n) is 3.86. The predicted molar refractivity (Wildman–Crippen MR) is 72.1 cm³/mol. The molecule has 2 atom stereocenters. The highest BCUT2D eigenvalue weighted by Crippen LogP contribution is 2.22. The molecule has 0 amide bonds. The molecule has 1 aliphatic heterocycles. The van der Waals surface area contributed by atoms with E-state index in [1.165, 1.54) is 24.3 Å². The second-order valence-corrected chi connectivity index (χ2v) is 5.22.